The average Bonchev–Trinajstić information content (AvgIpc) is 1.83. The fraction of sp³-hybridized carbons (Fsp3) is 0. The average molecular weight is 143 g/mol. The summed E-state index contributed by atoms with van der Waals surface area (Å²) in [5.41, 5.74) is -0.377. The van der Waals surface area contributed by atoms with Gasteiger partial charge in [0.15, 0.2) is 0 Å². The zero-order valence-electron chi connectivity index (χ0n) is 4.46. The lowest BCUT2D eigenvalue weighted by molar-refractivity contribution is 0.460. The number of aromatic amines is 1. The minimum Gasteiger partial charge on any atom is -0.507 e. The highest BCUT2D eigenvalue weighted by molar-refractivity contribution is 7.80. The molecule has 0 unspecified atom stereocenters. The third kappa shape index (κ3) is 1.08. The van der Waals surface area contributed by atoms with Crippen molar-refractivity contribution >= 4 is 12.6 Å². The van der Waals surface area contributed by atoms with Gasteiger partial charge in [-0.2, -0.15) is 0 Å². The molecule has 1 aromatic heterocycles. The predicted octanol–water partition coefficient (Wildman–Crippen LogP) is 0.369. The Hall–Kier alpha value is -0.900. The largest absolute Gasteiger partial charge is 0.507 e. The summed E-state index contributed by atoms with van der Waals surface area (Å²) in [5, 5.41) is 8.80. The molecule has 1 heterocycles. The zero-order chi connectivity index (χ0) is 6.85. The molecule has 0 radical (unpaired) electrons. The van der Waals surface area contributed by atoms with Gasteiger partial charge in [-0.25, -0.2) is 0 Å². The SMILES string of the molecule is O=c1[nH]ccc(O)c1S. The Balaban J connectivity index is 3.43. The quantitative estimate of drug-likeness (QED) is 0.459. The minimum atomic E-state index is -0.377. The molecule has 0 aromatic carbocycles. The summed E-state index contributed by atoms with van der Waals surface area (Å²) >= 11 is 3.72. The molecular weight excluding hydrogens is 138 g/mol. The fourth-order valence-electron chi connectivity index (χ4n) is 0.460. The van der Waals surface area contributed by atoms with E-state index >= 15 is 0 Å². The van der Waals surface area contributed by atoms with Gasteiger partial charge in [0, 0.05) is 6.20 Å². The summed E-state index contributed by atoms with van der Waals surface area (Å²) in [4.78, 5) is 12.9. The number of rotatable bonds is 0. The Morgan fingerprint density at radius 3 is 2.78 bits per heavy atom. The van der Waals surface area contributed by atoms with Gasteiger partial charge < -0.3 is 10.1 Å². The van der Waals surface area contributed by atoms with Crippen molar-refractivity contribution in [3.63, 3.8) is 0 Å². The fourth-order valence-corrected chi connectivity index (χ4v) is 0.599. The van der Waals surface area contributed by atoms with Crippen LogP contribution < -0.4 is 5.56 Å². The minimum absolute atomic E-state index is 0.0532. The van der Waals surface area contributed by atoms with Crippen LogP contribution in [0.3, 0.4) is 0 Å². The summed E-state index contributed by atoms with van der Waals surface area (Å²) in [5.74, 6) is -0.0953. The van der Waals surface area contributed by atoms with Gasteiger partial charge in [-0.15, -0.1) is 12.6 Å². The third-order valence-electron chi connectivity index (χ3n) is 0.913. The van der Waals surface area contributed by atoms with E-state index in [1.165, 1.54) is 12.3 Å². The number of nitrogens with one attached hydrogen (secondary N) is 1. The van der Waals surface area contributed by atoms with E-state index in [0.29, 0.717) is 0 Å². The first-order valence-electron chi connectivity index (χ1n) is 2.31. The molecule has 9 heavy (non-hydrogen) atoms. The molecule has 3 nitrogen and oxygen atoms in total. The summed E-state index contributed by atoms with van der Waals surface area (Å²) in [6.07, 6.45) is 1.36. The lowest BCUT2D eigenvalue weighted by atomic mass is 10.4. The van der Waals surface area contributed by atoms with Crippen LogP contribution >= 0.6 is 12.6 Å². The molecule has 0 saturated heterocycles. The molecular formula is C5H5NO2S. The van der Waals surface area contributed by atoms with Crippen LogP contribution in [0.4, 0.5) is 0 Å². The zero-order valence-corrected chi connectivity index (χ0v) is 5.35. The highest BCUT2D eigenvalue weighted by atomic mass is 32.1. The van der Waals surface area contributed by atoms with E-state index in [2.05, 4.69) is 17.6 Å². The topological polar surface area (TPSA) is 53.1 Å². The number of pyridine rings is 1. The van der Waals surface area contributed by atoms with Crippen LogP contribution in [-0.4, -0.2) is 10.1 Å². The summed E-state index contributed by atoms with van der Waals surface area (Å²) < 4.78 is 0. The van der Waals surface area contributed by atoms with E-state index in [4.69, 9.17) is 5.11 Å². The predicted molar refractivity (Wildman–Crippen MR) is 36.0 cm³/mol. The van der Waals surface area contributed by atoms with Gasteiger partial charge in [0.25, 0.3) is 5.56 Å². The van der Waals surface area contributed by atoms with Gasteiger partial charge >= 0.3 is 0 Å². The molecule has 0 atom stereocenters. The first-order valence-corrected chi connectivity index (χ1v) is 2.76. The van der Waals surface area contributed by atoms with Crippen LogP contribution in [0.5, 0.6) is 5.75 Å². The Kier molecular flexibility index (Phi) is 1.48. The van der Waals surface area contributed by atoms with E-state index in [1.54, 1.807) is 0 Å². The van der Waals surface area contributed by atoms with Crippen molar-refractivity contribution in [3.05, 3.63) is 22.6 Å². The van der Waals surface area contributed by atoms with Gasteiger partial charge in [-0.1, -0.05) is 0 Å². The Labute approximate surface area is 56.8 Å². The summed E-state index contributed by atoms with van der Waals surface area (Å²) in [7, 11) is 0. The molecule has 0 aliphatic heterocycles. The smallest absolute Gasteiger partial charge is 0.265 e. The van der Waals surface area contributed by atoms with Gasteiger partial charge in [0.2, 0.25) is 0 Å². The number of H-pyrrole nitrogens is 1. The van der Waals surface area contributed by atoms with Crippen LogP contribution in [0, 0.1) is 0 Å². The van der Waals surface area contributed by atoms with Crippen molar-refractivity contribution in [3.8, 4) is 5.75 Å². The molecule has 1 rings (SSSR count). The van der Waals surface area contributed by atoms with E-state index in [0.717, 1.165) is 0 Å². The third-order valence-corrected chi connectivity index (χ3v) is 1.35. The van der Waals surface area contributed by atoms with E-state index in [9.17, 15) is 4.79 Å². The lowest BCUT2D eigenvalue weighted by Crippen LogP contribution is -2.04. The Morgan fingerprint density at radius 1 is 1.67 bits per heavy atom. The van der Waals surface area contributed by atoms with Crippen molar-refractivity contribution in [2.24, 2.45) is 0 Å². The molecule has 1 aromatic rings. The molecule has 0 fully saturated rings. The second kappa shape index (κ2) is 2.14. The number of aromatic nitrogens is 1. The normalized spacial score (nSPS) is 9.44. The van der Waals surface area contributed by atoms with Crippen molar-refractivity contribution in [1.29, 1.82) is 0 Å². The highest BCUT2D eigenvalue weighted by Gasteiger charge is 1.96. The van der Waals surface area contributed by atoms with Crippen LogP contribution in [0.25, 0.3) is 0 Å². The number of hydrogen-bond acceptors (Lipinski definition) is 3. The summed E-state index contributed by atoms with van der Waals surface area (Å²) in [6.45, 7) is 0. The second-order valence-corrected chi connectivity index (χ2v) is 1.99. The first kappa shape index (κ1) is 6.22. The maximum atomic E-state index is 10.5. The molecule has 0 aliphatic carbocycles. The van der Waals surface area contributed by atoms with Crippen LogP contribution in [0.15, 0.2) is 22.0 Å². The monoisotopic (exact) mass is 143 g/mol. The standard InChI is InChI=1S/C5H5NO2S/c7-3-1-2-6-5(8)4(3)9/h1-2,9H,(H2,6,7,8). The molecule has 0 spiro atoms. The van der Waals surface area contributed by atoms with E-state index in [1.807, 2.05) is 0 Å². The van der Waals surface area contributed by atoms with E-state index in [-0.39, 0.29) is 16.2 Å². The second-order valence-electron chi connectivity index (χ2n) is 1.54. The van der Waals surface area contributed by atoms with Gasteiger partial charge in [0.1, 0.15) is 10.6 Å². The molecule has 0 saturated carbocycles. The number of thiol groups is 1. The lowest BCUT2D eigenvalue weighted by Gasteiger charge is -1.91. The first-order chi connectivity index (χ1) is 4.22. The number of aromatic hydroxyl groups is 1. The van der Waals surface area contributed by atoms with Crippen molar-refractivity contribution in [2.45, 2.75) is 4.90 Å². The molecule has 0 bridgehead atoms. The molecule has 4 heteroatoms. The van der Waals surface area contributed by atoms with Gasteiger partial charge in [-0.3, -0.25) is 4.79 Å². The van der Waals surface area contributed by atoms with Crippen LogP contribution in [0.1, 0.15) is 0 Å². The molecule has 48 valence electrons. The number of hydrogen-bond donors (Lipinski definition) is 3. The molecule has 0 amide bonds. The van der Waals surface area contributed by atoms with Gasteiger partial charge in [-0.05, 0) is 6.07 Å². The van der Waals surface area contributed by atoms with Crippen LogP contribution in [0.2, 0.25) is 0 Å². The Morgan fingerprint density at radius 2 is 2.33 bits per heavy atom. The van der Waals surface area contributed by atoms with Crippen molar-refractivity contribution in [2.75, 3.05) is 0 Å². The maximum Gasteiger partial charge on any atom is 0.265 e. The van der Waals surface area contributed by atoms with Crippen molar-refractivity contribution in [1.82, 2.24) is 4.98 Å². The highest BCUT2D eigenvalue weighted by Crippen LogP contribution is 2.12. The summed E-state index contributed by atoms with van der Waals surface area (Å²) in [6, 6.07) is 1.36. The van der Waals surface area contributed by atoms with E-state index < -0.39 is 0 Å². The van der Waals surface area contributed by atoms with Crippen LogP contribution in [-0.2, 0) is 0 Å². The molecule has 2 N–H and O–H groups in total. The maximum absolute atomic E-state index is 10.5. The van der Waals surface area contributed by atoms with Crippen molar-refractivity contribution < 1.29 is 5.11 Å². The molecule has 0 aliphatic rings. The van der Waals surface area contributed by atoms with Gasteiger partial charge in [0.05, 0.1) is 0 Å². The Bertz CT molecular complexity index is 268.